The Labute approximate surface area is 71.6 Å². The molecular formula is C9H8NS. The first-order valence-electron chi connectivity index (χ1n) is 3.67. The van der Waals surface area contributed by atoms with Gasteiger partial charge in [-0.3, -0.25) is 4.99 Å². The summed E-state index contributed by atoms with van der Waals surface area (Å²) >= 11 is 5.09. The standard InChI is InChI=1S/C9H8NS/c11-9-8-4-2-1-3-7(8)5-6-10-9/h1-4H,5-6H2. The zero-order valence-corrected chi connectivity index (χ0v) is 6.90. The number of fused-ring (bicyclic) bond motifs is 1. The smallest absolute Gasteiger partial charge is 0.128 e. The monoisotopic (exact) mass is 162 g/mol. The Hall–Kier alpha value is -0.890. The Morgan fingerprint density at radius 3 is 2.91 bits per heavy atom. The zero-order valence-electron chi connectivity index (χ0n) is 6.08. The van der Waals surface area contributed by atoms with Crippen LogP contribution in [0.5, 0.6) is 0 Å². The molecule has 1 nitrogen and oxygen atoms in total. The fourth-order valence-corrected chi connectivity index (χ4v) is 1.60. The number of hydrogen-bond donors (Lipinski definition) is 0. The Morgan fingerprint density at radius 1 is 1.27 bits per heavy atom. The number of rotatable bonds is 0. The lowest BCUT2D eigenvalue weighted by Crippen LogP contribution is -2.07. The molecule has 0 aliphatic carbocycles. The highest BCUT2D eigenvalue weighted by molar-refractivity contribution is 7.97. The van der Waals surface area contributed by atoms with Gasteiger partial charge in [-0.2, -0.15) is 0 Å². The van der Waals surface area contributed by atoms with Gasteiger partial charge >= 0.3 is 0 Å². The molecule has 2 rings (SSSR count). The van der Waals surface area contributed by atoms with E-state index in [2.05, 4.69) is 11.1 Å². The van der Waals surface area contributed by atoms with Crippen molar-refractivity contribution in [3.8, 4) is 0 Å². The van der Waals surface area contributed by atoms with Crippen molar-refractivity contribution in [3.05, 3.63) is 35.4 Å². The molecule has 0 saturated heterocycles. The molecule has 0 fully saturated rings. The van der Waals surface area contributed by atoms with Crippen LogP contribution in [-0.2, 0) is 6.42 Å². The quantitative estimate of drug-likeness (QED) is 0.554. The van der Waals surface area contributed by atoms with E-state index in [1.165, 1.54) is 5.56 Å². The van der Waals surface area contributed by atoms with E-state index in [1.807, 2.05) is 18.2 Å². The van der Waals surface area contributed by atoms with Gasteiger partial charge in [0, 0.05) is 12.1 Å². The van der Waals surface area contributed by atoms with Crippen LogP contribution in [-0.4, -0.2) is 11.6 Å². The van der Waals surface area contributed by atoms with Gasteiger partial charge in [-0.25, -0.2) is 0 Å². The van der Waals surface area contributed by atoms with Gasteiger partial charge < -0.3 is 0 Å². The summed E-state index contributed by atoms with van der Waals surface area (Å²) in [5.74, 6) is 0. The highest BCUT2D eigenvalue weighted by atomic mass is 32.1. The van der Waals surface area contributed by atoms with E-state index in [0.717, 1.165) is 23.6 Å². The van der Waals surface area contributed by atoms with Crippen molar-refractivity contribution in [3.63, 3.8) is 0 Å². The molecule has 0 bridgehead atoms. The van der Waals surface area contributed by atoms with Gasteiger partial charge in [-0.05, 0) is 12.0 Å². The SMILES string of the molecule is [S]C1=NCCc2ccccc21. The van der Waals surface area contributed by atoms with Crippen LogP contribution in [0.1, 0.15) is 11.1 Å². The summed E-state index contributed by atoms with van der Waals surface area (Å²) in [6.45, 7) is 0.857. The van der Waals surface area contributed by atoms with Gasteiger partial charge in [-0.15, -0.1) is 0 Å². The molecule has 0 atom stereocenters. The normalized spacial score (nSPS) is 15.5. The maximum atomic E-state index is 5.09. The minimum Gasteiger partial charge on any atom is -0.273 e. The number of nitrogens with zero attached hydrogens (tertiary/aromatic N) is 1. The molecular weight excluding hydrogens is 154 g/mol. The molecule has 11 heavy (non-hydrogen) atoms. The van der Waals surface area contributed by atoms with Crippen molar-refractivity contribution in [2.45, 2.75) is 6.42 Å². The third-order valence-electron chi connectivity index (χ3n) is 1.88. The lowest BCUT2D eigenvalue weighted by Gasteiger charge is -2.11. The maximum Gasteiger partial charge on any atom is 0.128 e. The number of aliphatic imine (C=N–C) groups is 1. The topological polar surface area (TPSA) is 12.4 Å². The largest absolute Gasteiger partial charge is 0.273 e. The Bertz CT molecular complexity index is 304. The van der Waals surface area contributed by atoms with E-state index in [9.17, 15) is 0 Å². The molecule has 0 unspecified atom stereocenters. The van der Waals surface area contributed by atoms with Gasteiger partial charge in [0.15, 0.2) is 0 Å². The first-order chi connectivity index (χ1) is 5.38. The molecule has 55 valence electrons. The molecule has 1 aliphatic rings. The summed E-state index contributed by atoms with van der Waals surface area (Å²) in [5.41, 5.74) is 2.49. The molecule has 0 amide bonds. The first kappa shape index (κ1) is 6.80. The molecule has 1 aromatic carbocycles. The number of hydrogen-bond acceptors (Lipinski definition) is 1. The van der Waals surface area contributed by atoms with E-state index < -0.39 is 0 Å². The van der Waals surface area contributed by atoms with Crippen molar-refractivity contribution in [1.82, 2.24) is 0 Å². The van der Waals surface area contributed by atoms with Gasteiger partial charge in [0.1, 0.15) is 5.04 Å². The lowest BCUT2D eigenvalue weighted by atomic mass is 10.0. The molecule has 2 heteroatoms. The van der Waals surface area contributed by atoms with Crippen LogP contribution in [0.4, 0.5) is 0 Å². The van der Waals surface area contributed by atoms with Crippen molar-refractivity contribution in [2.75, 3.05) is 6.54 Å². The first-order valence-corrected chi connectivity index (χ1v) is 4.08. The second-order valence-corrected chi connectivity index (χ2v) is 2.98. The van der Waals surface area contributed by atoms with E-state index in [1.54, 1.807) is 0 Å². The van der Waals surface area contributed by atoms with Crippen LogP contribution in [0.2, 0.25) is 0 Å². The fraction of sp³-hybridized carbons (Fsp3) is 0.222. The van der Waals surface area contributed by atoms with Crippen LogP contribution in [0.3, 0.4) is 0 Å². The van der Waals surface area contributed by atoms with E-state index in [0.29, 0.717) is 0 Å². The van der Waals surface area contributed by atoms with Crippen LogP contribution < -0.4 is 0 Å². The molecule has 0 N–H and O–H groups in total. The van der Waals surface area contributed by atoms with Crippen LogP contribution in [0, 0.1) is 0 Å². The van der Waals surface area contributed by atoms with Crippen molar-refractivity contribution >= 4 is 17.7 Å². The third kappa shape index (κ3) is 1.14. The minimum absolute atomic E-state index is 0.770. The predicted molar refractivity (Wildman–Crippen MR) is 49.1 cm³/mol. The van der Waals surface area contributed by atoms with Gasteiger partial charge in [0.25, 0.3) is 0 Å². The van der Waals surface area contributed by atoms with Crippen LogP contribution in [0.25, 0.3) is 0 Å². The highest BCUT2D eigenvalue weighted by Gasteiger charge is 2.09. The molecule has 0 saturated carbocycles. The second-order valence-electron chi connectivity index (χ2n) is 2.59. The van der Waals surface area contributed by atoms with Crippen molar-refractivity contribution in [1.29, 1.82) is 0 Å². The van der Waals surface area contributed by atoms with Crippen LogP contribution >= 0.6 is 12.6 Å². The molecule has 1 aliphatic heterocycles. The average Bonchev–Trinajstić information content (AvgIpc) is 2.06. The summed E-state index contributed by atoms with van der Waals surface area (Å²) < 4.78 is 0. The summed E-state index contributed by atoms with van der Waals surface area (Å²) in [7, 11) is 0. The van der Waals surface area contributed by atoms with Gasteiger partial charge in [-0.1, -0.05) is 36.9 Å². The van der Waals surface area contributed by atoms with Crippen molar-refractivity contribution in [2.24, 2.45) is 4.99 Å². The summed E-state index contributed by atoms with van der Waals surface area (Å²) in [6, 6.07) is 8.22. The lowest BCUT2D eigenvalue weighted by molar-refractivity contribution is 0.950. The number of benzene rings is 1. The van der Waals surface area contributed by atoms with Gasteiger partial charge in [0.2, 0.25) is 0 Å². The summed E-state index contributed by atoms with van der Waals surface area (Å²) in [4.78, 5) is 4.20. The highest BCUT2D eigenvalue weighted by Crippen LogP contribution is 2.16. The van der Waals surface area contributed by atoms with E-state index >= 15 is 0 Å². The maximum absolute atomic E-state index is 5.09. The predicted octanol–water partition coefficient (Wildman–Crippen LogP) is 2.19. The van der Waals surface area contributed by atoms with Gasteiger partial charge in [0.05, 0.1) is 0 Å². The van der Waals surface area contributed by atoms with Crippen molar-refractivity contribution < 1.29 is 0 Å². The molecule has 0 aromatic heterocycles. The zero-order chi connectivity index (χ0) is 7.68. The molecule has 0 spiro atoms. The Kier molecular flexibility index (Phi) is 1.62. The van der Waals surface area contributed by atoms with Crippen LogP contribution in [0.15, 0.2) is 29.3 Å². The fourth-order valence-electron chi connectivity index (χ4n) is 1.31. The molecule has 1 heterocycles. The Balaban J connectivity index is 2.56. The molecule has 1 radical (unpaired) electrons. The minimum atomic E-state index is 0.770. The van der Waals surface area contributed by atoms with E-state index in [4.69, 9.17) is 12.6 Å². The van der Waals surface area contributed by atoms with E-state index in [-0.39, 0.29) is 0 Å². The molecule has 1 aromatic rings. The average molecular weight is 162 g/mol. The third-order valence-corrected chi connectivity index (χ3v) is 2.23. The summed E-state index contributed by atoms with van der Waals surface area (Å²) in [6.07, 6.45) is 1.04. The summed E-state index contributed by atoms with van der Waals surface area (Å²) in [5, 5.41) is 0.770. The second kappa shape index (κ2) is 2.62. The Morgan fingerprint density at radius 2 is 2.09 bits per heavy atom.